The molecule has 0 radical (unpaired) electrons. The summed E-state index contributed by atoms with van der Waals surface area (Å²) in [5, 5.41) is 0. The van der Waals surface area contributed by atoms with Gasteiger partial charge in [0.05, 0.1) is 7.11 Å². The molecule has 1 heterocycles. The summed E-state index contributed by atoms with van der Waals surface area (Å²) < 4.78 is 7.46. The van der Waals surface area contributed by atoms with Crippen LogP contribution in [0.2, 0.25) is 0 Å². The molecule has 2 N–H and O–H groups in total. The van der Waals surface area contributed by atoms with Gasteiger partial charge >= 0.3 is 0 Å². The summed E-state index contributed by atoms with van der Waals surface area (Å²) in [5.41, 5.74) is 10.7. The Morgan fingerprint density at radius 3 is 2.33 bits per heavy atom. The third kappa shape index (κ3) is 2.41. The van der Waals surface area contributed by atoms with Crippen molar-refractivity contribution in [2.45, 2.75) is 26.9 Å². The monoisotopic (exact) mass is 244 g/mol. The summed E-state index contributed by atoms with van der Waals surface area (Å²) in [6.07, 6.45) is 0. The van der Waals surface area contributed by atoms with E-state index in [1.165, 1.54) is 22.5 Å². The fraction of sp³-hybridized carbons (Fsp3) is 0.333. The quantitative estimate of drug-likeness (QED) is 0.898. The van der Waals surface area contributed by atoms with Gasteiger partial charge in [0, 0.05) is 24.5 Å². The van der Waals surface area contributed by atoms with Crippen molar-refractivity contribution in [3.8, 4) is 5.75 Å². The molecule has 0 aliphatic carbocycles. The zero-order valence-corrected chi connectivity index (χ0v) is 11.2. The van der Waals surface area contributed by atoms with Gasteiger partial charge in [0.25, 0.3) is 0 Å². The number of rotatable bonds is 4. The first-order chi connectivity index (χ1) is 8.65. The van der Waals surface area contributed by atoms with Gasteiger partial charge in [-0.1, -0.05) is 12.1 Å². The Kier molecular flexibility index (Phi) is 3.72. The van der Waals surface area contributed by atoms with Crippen LogP contribution in [0, 0.1) is 13.8 Å². The van der Waals surface area contributed by atoms with Gasteiger partial charge in [0.2, 0.25) is 0 Å². The van der Waals surface area contributed by atoms with Crippen LogP contribution in [0.1, 0.15) is 22.5 Å². The van der Waals surface area contributed by atoms with Gasteiger partial charge in [-0.3, -0.25) is 0 Å². The Morgan fingerprint density at radius 1 is 1.17 bits per heavy atom. The molecule has 0 fully saturated rings. The minimum atomic E-state index is 0.599. The minimum Gasteiger partial charge on any atom is -0.497 e. The van der Waals surface area contributed by atoms with Crippen LogP contribution in [0.15, 0.2) is 30.3 Å². The molecule has 0 amide bonds. The maximum absolute atomic E-state index is 5.73. The van der Waals surface area contributed by atoms with Gasteiger partial charge in [-0.2, -0.15) is 0 Å². The van der Waals surface area contributed by atoms with Gasteiger partial charge in [-0.05, 0) is 43.2 Å². The van der Waals surface area contributed by atoms with Crippen LogP contribution >= 0.6 is 0 Å². The van der Waals surface area contributed by atoms with E-state index in [4.69, 9.17) is 10.5 Å². The number of hydrogen-bond acceptors (Lipinski definition) is 2. The summed E-state index contributed by atoms with van der Waals surface area (Å²) in [4.78, 5) is 0. The second-order valence-electron chi connectivity index (χ2n) is 4.53. The van der Waals surface area contributed by atoms with Crippen molar-refractivity contribution >= 4 is 0 Å². The van der Waals surface area contributed by atoms with Crippen LogP contribution in [-0.2, 0) is 13.1 Å². The van der Waals surface area contributed by atoms with E-state index in [1.54, 1.807) is 7.11 Å². The summed E-state index contributed by atoms with van der Waals surface area (Å²) >= 11 is 0. The molecular formula is C15H20N2O. The zero-order chi connectivity index (χ0) is 13.1. The van der Waals surface area contributed by atoms with E-state index in [2.05, 4.69) is 36.6 Å². The molecule has 0 saturated heterocycles. The van der Waals surface area contributed by atoms with E-state index in [0.717, 1.165) is 12.3 Å². The highest BCUT2D eigenvalue weighted by atomic mass is 16.5. The minimum absolute atomic E-state index is 0.599. The number of nitrogens with two attached hydrogens (primary N) is 1. The van der Waals surface area contributed by atoms with Crippen LogP contribution in [0.3, 0.4) is 0 Å². The number of nitrogens with zero attached hydrogens (tertiary/aromatic N) is 1. The Bertz CT molecular complexity index is 526. The first-order valence-corrected chi connectivity index (χ1v) is 6.14. The molecule has 96 valence electrons. The van der Waals surface area contributed by atoms with E-state index < -0.39 is 0 Å². The first-order valence-electron chi connectivity index (χ1n) is 6.14. The molecule has 0 bridgehead atoms. The summed E-state index contributed by atoms with van der Waals surface area (Å²) in [5.74, 6) is 0.891. The average Bonchev–Trinajstić information content (AvgIpc) is 2.67. The third-order valence-corrected chi connectivity index (χ3v) is 3.40. The number of aryl methyl sites for hydroxylation is 1. The fourth-order valence-electron chi connectivity index (χ4n) is 2.24. The number of ether oxygens (including phenoxy) is 1. The maximum atomic E-state index is 5.73. The second kappa shape index (κ2) is 5.27. The van der Waals surface area contributed by atoms with Crippen LogP contribution in [0.5, 0.6) is 5.75 Å². The molecule has 0 aliphatic rings. The van der Waals surface area contributed by atoms with Crippen molar-refractivity contribution in [2.75, 3.05) is 7.11 Å². The molecule has 3 nitrogen and oxygen atoms in total. The molecule has 1 aromatic carbocycles. The van der Waals surface area contributed by atoms with Crippen molar-refractivity contribution in [3.05, 3.63) is 52.8 Å². The van der Waals surface area contributed by atoms with Crippen LogP contribution < -0.4 is 10.5 Å². The van der Waals surface area contributed by atoms with Crippen molar-refractivity contribution in [1.82, 2.24) is 4.57 Å². The van der Waals surface area contributed by atoms with Gasteiger partial charge in [0.1, 0.15) is 5.75 Å². The average molecular weight is 244 g/mol. The standard InChI is InChI=1S/C15H20N2O/c1-11-8-14(9-16)12(2)17(11)10-13-4-6-15(18-3)7-5-13/h4-8H,9-10,16H2,1-3H3. The molecule has 18 heavy (non-hydrogen) atoms. The Morgan fingerprint density at radius 2 is 1.83 bits per heavy atom. The topological polar surface area (TPSA) is 40.2 Å². The normalized spacial score (nSPS) is 10.7. The van der Waals surface area contributed by atoms with Crippen molar-refractivity contribution in [2.24, 2.45) is 5.73 Å². The van der Waals surface area contributed by atoms with E-state index in [0.29, 0.717) is 6.54 Å². The molecule has 0 saturated carbocycles. The lowest BCUT2D eigenvalue weighted by Crippen LogP contribution is -2.05. The van der Waals surface area contributed by atoms with E-state index >= 15 is 0 Å². The van der Waals surface area contributed by atoms with Gasteiger partial charge < -0.3 is 15.0 Å². The Balaban J connectivity index is 2.25. The predicted molar refractivity (Wildman–Crippen MR) is 73.9 cm³/mol. The lowest BCUT2D eigenvalue weighted by atomic mass is 10.2. The highest BCUT2D eigenvalue weighted by Crippen LogP contribution is 2.18. The van der Waals surface area contributed by atoms with Crippen LogP contribution in [0.25, 0.3) is 0 Å². The molecule has 1 aromatic heterocycles. The third-order valence-electron chi connectivity index (χ3n) is 3.40. The van der Waals surface area contributed by atoms with Gasteiger partial charge in [0.15, 0.2) is 0 Å². The van der Waals surface area contributed by atoms with Crippen molar-refractivity contribution in [3.63, 3.8) is 0 Å². The number of aromatic nitrogens is 1. The smallest absolute Gasteiger partial charge is 0.118 e. The zero-order valence-electron chi connectivity index (χ0n) is 11.2. The summed E-state index contributed by atoms with van der Waals surface area (Å²) in [6, 6.07) is 10.3. The molecule has 2 rings (SSSR count). The molecule has 0 unspecified atom stereocenters. The van der Waals surface area contributed by atoms with E-state index in [9.17, 15) is 0 Å². The van der Waals surface area contributed by atoms with Crippen molar-refractivity contribution < 1.29 is 4.74 Å². The van der Waals surface area contributed by atoms with E-state index in [1.807, 2.05) is 12.1 Å². The lowest BCUT2D eigenvalue weighted by Gasteiger charge is -2.10. The van der Waals surface area contributed by atoms with Crippen molar-refractivity contribution in [1.29, 1.82) is 0 Å². The highest BCUT2D eigenvalue weighted by molar-refractivity contribution is 5.31. The van der Waals surface area contributed by atoms with Crippen LogP contribution in [0.4, 0.5) is 0 Å². The van der Waals surface area contributed by atoms with Gasteiger partial charge in [-0.25, -0.2) is 0 Å². The lowest BCUT2D eigenvalue weighted by molar-refractivity contribution is 0.414. The largest absolute Gasteiger partial charge is 0.497 e. The molecule has 3 heteroatoms. The molecular weight excluding hydrogens is 224 g/mol. The molecule has 0 spiro atoms. The number of methoxy groups -OCH3 is 1. The molecule has 2 aromatic rings. The molecule has 0 aliphatic heterocycles. The maximum Gasteiger partial charge on any atom is 0.118 e. The summed E-state index contributed by atoms with van der Waals surface area (Å²) in [6.45, 7) is 5.72. The Labute approximate surface area is 108 Å². The summed E-state index contributed by atoms with van der Waals surface area (Å²) in [7, 11) is 1.68. The number of hydrogen-bond donors (Lipinski definition) is 1. The Hall–Kier alpha value is -1.74. The SMILES string of the molecule is COc1ccc(Cn2c(C)cc(CN)c2C)cc1. The van der Waals surface area contributed by atoms with E-state index in [-0.39, 0.29) is 0 Å². The first kappa shape index (κ1) is 12.7. The van der Waals surface area contributed by atoms with Crippen LogP contribution in [-0.4, -0.2) is 11.7 Å². The highest BCUT2D eigenvalue weighted by Gasteiger charge is 2.08. The molecule has 0 atom stereocenters. The fourth-order valence-corrected chi connectivity index (χ4v) is 2.24. The predicted octanol–water partition coefficient (Wildman–Crippen LogP) is 2.62. The second-order valence-corrected chi connectivity index (χ2v) is 4.53. The van der Waals surface area contributed by atoms with Gasteiger partial charge in [-0.15, -0.1) is 0 Å². The number of benzene rings is 1.